The van der Waals surface area contributed by atoms with Gasteiger partial charge in [0.05, 0.1) is 14.2 Å². The van der Waals surface area contributed by atoms with E-state index in [0.717, 1.165) is 23.4 Å². The van der Waals surface area contributed by atoms with Gasteiger partial charge in [0, 0.05) is 30.7 Å². The first-order chi connectivity index (χ1) is 14.2. The molecule has 1 aliphatic heterocycles. The molecule has 0 spiro atoms. The zero-order chi connectivity index (χ0) is 20.2. The van der Waals surface area contributed by atoms with Crippen LogP contribution in [-0.2, 0) is 13.0 Å². The number of hydrogen-bond donors (Lipinski definition) is 1. The summed E-state index contributed by atoms with van der Waals surface area (Å²) in [5.74, 6) is 1.30. The molecule has 0 fully saturated rings. The number of pyridine rings is 1. The number of fused-ring (bicyclic) bond motifs is 1. The van der Waals surface area contributed by atoms with Crippen LogP contribution in [0.15, 0.2) is 60.8 Å². The van der Waals surface area contributed by atoms with Crippen molar-refractivity contribution < 1.29 is 14.3 Å². The van der Waals surface area contributed by atoms with Gasteiger partial charge < -0.3 is 19.7 Å². The van der Waals surface area contributed by atoms with Gasteiger partial charge in [-0.05, 0) is 47.9 Å². The zero-order valence-corrected chi connectivity index (χ0v) is 16.5. The van der Waals surface area contributed by atoms with Crippen molar-refractivity contribution in [2.75, 3.05) is 31.0 Å². The van der Waals surface area contributed by atoms with E-state index < -0.39 is 0 Å². The minimum Gasteiger partial charge on any atom is -0.493 e. The predicted octanol–water partition coefficient (Wildman–Crippen LogP) is 3.91. The molecule has 2 heterocycles. The van der Waals surface area contributed by atoms with Crippen LogP contribution in [0.2, 0.25) is 0 Å². The number of carbonyl (C=O) groups excluding carboxylic acids is 1. The quantitative estimate of drug-likeness (QED) is 0.692. The Labute approximate surface area is 170 Å². The number of hydrogen-bond acceptors (Lipinski definition) is 5. The Morgan fingerprint density at radius 2 is 1.90 bits per heavy atom. The molecule has 6 heteroatoms. The normalized spacial score (nSPS) is 12.4. The Kier molecular flexibility index (Phi) is 5.33. The number of para-hydroxylation sites is 1. The number of aromatic nitrogens is 1. The summed E-state index contributed by atoms with van der Waals surface area (Å²) in [6.07, 6.45) is 2.53. The minimum absolute atomic E-state index is 0.0790. The van der Waals surface area contributed by atoms with Crippen LogP contribution >= 0.6 is 0 Å². The third kappa shape index (κ3) is 3.87. The average Bonchev–Trinajstić information content (AvgIpc) is 3.21. The highest BCUT2D eigenvalue weighted by Crippen LogP contribution is 2.29. The van der Waals surface area contributed by atoms with Crippen LogP contribution in [0.4, 0.5) is 11.4 Å². The van der Waals surface area contributed by atoms with E-state index in [1.165, 1.54) is 5.56 Å². The van der Waals surface area contributed by atoms with Gasteiger partial charge in [-0.1, -0.05) is 24.3 Å². The molecule has 6 nitrogen and oxygen atoms in total. The molecule has 1 aliphatic rings. The Morgan fingerprint density at radius 1 is 1.07 bits per heavy atom. The lowest BCUT2D eigenvalue weighted by Crippen LogP contribution is -2.29. The maximum absolute atomic E-state index is 13.0. The monoisotopic (exact) mass is 389 g/mol. The summed E-state index contributed by atoms with van der Waals surface area (Å²) in [4.78, 5) is 19.1. The number of benzene rings is 2. The van der Waals surface area contributed by atoms with Crippen molar-refractivity contribution in [2.45, 2.75) is 13.0 Å². The summed E-state index contributed by atoms with van der Waals surface area (Å²) >= 11 is 0. The number of rotatable bonds is 6. The van der Waals surface area contributed by atoms with Crippen molar-refractivity contribution in [2.24, 2.45) is 0 Å². The van der Waals surface area contributed by atoms with E-state index in [1.54, 1.807) is 31.4 Å². The van der Waals surface area contributed by atoms with Crippen LogP contribution in [0.3, 0.4) is 0 Å². The van der Waals surface area contributed by atoms with Crippen molar-refractivity contribution in [3.8, 4) is 11.5 Å². The molecule has 0 saturated heterocycles. The Bertz CT molecular complexity index is 1040. The first-order valence-electron chi connectivity index (χ1n) is 9.50. The number of amides is 1. The van der Waals surface area contributed by atoms with E-state index in [9.17, 15) is 4.79 Å². The highest BCUT2D eigenvalue weighted by Gasteiger charge is 2.26. The summed E-state index contributed by atoms with van der Waals surface area (Å²) < 4.78 is 10.6. The van der Waals surface area contributed by atoms with Gasteiger partial charge in [-0.2, -0.15) is 0 Å². The fourth-order valence-electron chi connectivity index (χ4n) is 3.54. The molecule has 0 radical (unpaired) electrons. The summed E-state index contributed by atoms with van der Waals surface area (Å²) in [5, 5.41) is 3.35. The summed E-state index contributed by atoms with van der Waals surface area (Å²) in [6, 6.07) is 17.4. The second-order valence-corrected chi connectivity index (χ2v) is 6.81. The van der Waals surface area contributed by atoms with E-state index in [4.69, 9.17) is 9.47 Å². The maximum atomic E-state index is 13.0. The lowest BCUT2D eigenvalue weighted by atomic mass is 10.2. The lowest BCUT2D eigenvalue weighted by Gasteiger charge is -2.17. The molecule has 0 saturated carbocycles. The van der Waals surface area contributed by atoms with E-state index in [1.807, 2.05) is 42.5 Å². The summed E-state index contributed by atoms with van der Waals surface area (Å²) in [6.45, 7) is 1.27. The Hall–Kier alpha value is -3.54. The molecule has 1 amide bonds. The summed E-state index contributed by atoms with van der Waals surface area (Å²) in [7, 11) is 3.23. The van der Waals surface area contributed by atoms with Crippen molar-refractivity contribution in [1.82, 2.24) is 4.98 Å². The van der Waals surface area contributed by atoms with Crippen molar-refractivity contribution in [3.05, 3.63) is 77.6 Å². The van der Waals surface area contributed by atoms with Gasteiger partial charge in [0.25, 0.3) is 5.91 Å². The Balaban J connectivity index is 1.47. The second-order valence-electron chi connectivity index (χ2n) is 6.81. The smallest absolute Gasteiger partial charge is 0.276 e. The highest BCUT2D eigenvalue weighted by molar-refractivity contribution is 6.06. The first kappa shape index (κ1) is 18.8. The van der Waals surface area contributed by atoms with E-state index in [2.05, 4.69) is 16.4 Å². The largest absolute Gasteiger partial charge is 0.493 e. The average molecular weight is 389 g/mol. The fourth-order valence-corrected chi connectivity index (χ4v) is 3.54. The zero-order valence-electron chi connectivity index (χ0n) is 16.5. The maximum Gasteiger partial charge on any atom is 0.276 e. The molecular formula is C23H23N3O3. The number of methoxy groups -OCH3 is 2. The van der Waals surface area contributed by atoms with Gasteiger partial charge in [-0.25, -0.2) is 0 Å². The van der Waals surface area contributed by atoms with Crippen LogP contribution in [-0.4, -0.2) is 31.7 Å². The summed E-state index contributed by atoms with van der Waals surface area (Å²) in [5.41, 5.74) is 4.48. The number of anilines is 2. The van der Waals surface area contributed by atoms with Crippen molar-refractivity contribution in [3.63, 3.8) is 0 Å². The van der Waals surface area contributed by atoms with Gasteiger partial charge in [0.2, 0.25) is 0 Å². The number of nitrogens with zero attached hydrogens (tertiary/aromatic N) is 2. The van der Waals surface area contributed by atoms with Gasteiger partial charge >= 0.3 is 0 Å². The van der Waals surface area contributed by atoms with E-state index >= 15 is 0 Å². The predicted molar refractivity (Wildman–Crippen MR) is 113 cm³/mol. The van der Waals surface area contributed by atoms with Crippen LogP contribution < -0.4 is 19.7 Å². The number of nitrogens with one attached hydrogen (secondary N) is 1. The third-order valence-corrected chi connectivity index (χ3v) is 5.06. The molecule has 4 rings (SSSR count). The van der Waals surface area contributed by atoms with Crippen LogP contribution in [0, 0.1) is 0 Å². The molecule has 0 aliphatic carbocycles. The molecule has 29 heavy (non-hydrogen) atoms. The highest BCUT2D eigenvalue weighted by atomic mass is 16.5. The van der Waals surface area contributed by atoms with Crippen LogP contribution in [0.5, 0.6) is 11.5 Å². The number of ether oxygens (including phenoxy) is 2. The van der Waals surface area contributed by atoms with Crippen molar-refractivity contribution in [1.29, 1.82) is 0 Å². The molecule has 1 N–H and O–H groups in total. The standard InChI is InChI=1S/C23H23N3O3/c1-28-21-8-7-16(13-22(21)29-2)15-25-18-9-11-24-19(14-18)23(27)26-12-10-17-5-3-4-6-20(17)26/h3-9,11,13-14H,10,12,15H2,1-2H3,(H,24,25). The van der Waals surface area contributed by atoms with Gasteiger partial charge in [0.1, 0.15) is 5.69 Å². The van der Waals surface area contributed by atoms with Crippen LogP contribution in [0.25, 0.3) is 0 Å². The van der Waals surface area contributed by atoms with Gasteiger partial charge in [-0.15, -0.1) is 0 Å². The van der Waals surface area contributed by atoms with Crippen molar-refractivity contribution >= 4 is 17.3 Å². The van der Waals surface area contributed by atoms with E-state index in [-0.39, 0.29) is 5.91 Å². The number of carbonyl (C=O) groups is 1. The molecule has 0 bridgehead atoms. The molecular weight excluding hydrogens is 366 g/mol. The third-order valence-electron chi connectivity index (χ3n) is 5.06. The van der Waals surface area contributed by atoms with Gasteiger partial charge in [-0.3, -0.25) is 9.78 Å². The molecule has 2 aromatic carbocycles. The fraction of sp³-hybridized carbons (Fsp3) is 0.217. The van der Waals surface area contributed by atoms with E-state index in [0.29, 0.717) is 30.3 Å². The topological polar surface area (TPSA) is 63.7 Å². The SMILES string of the molecule is COc1ccc(CNc2ccnc(C(=O)N3CCc4ccccc43)c2)cc1OC. The molecule has 0 unspecified atom stereocenters. The molecule has 1 aromatic heterocycles. The van der Waals surface area contributed by atoms with Gasteiger partial charge in [0.15, 0.2) is 11.5 Å². The second kappa shape index (κ2) is 8.22. The molecule has 148 valence electrons. The minimum atomic E-state index is -0.0790. The first-order valence-corrected chi connectivity index (χ1v) is 9.50. The molecule has 0 atom stereocenters. The van der Waals surface area contributed by atoms with Crippen LogP contribution in [0.1, 0.15) is 21.6 Å². The Morgan fingerprint density at radius 3 is 2.72 bits per heavy atom. The lowest BCUT2D eigenvalue weighted by molar-refractivity contribution is 0.0984. The molecule has 3 aromatic rings.